The molecule has 0 saturated carbocycles. The second-order valence-electron chi connectivity index (χ2n) is 4.26. The number of rotatable bonds is 4. The van der Waals surface area contributed by atoms with Crippen molar-refractivity contribution in [3.05, 3.63) is 52.8 Å². The second-order valence-corrected chi connectivity index (χ2v) is 6.32. The molecule has 0 spiro atoms. The zero-order valence-electron chi connectivity index (χ0n) is 10.8. The summed E-state index contributed by atoms with van der Waals surface area (Å²) in [6.45, 7) is 2.07. The van der Waals surface area contributed by atoms with Gasteiger partial charge in [0.2, 0.25) is 0 Å². The minimum Gasteiger partial charge on any atom is -0.326 e. The summed E-state index contributed by atoms with van der Waals surface area (Å²) in [4.78, 5) is 3.93. The van der Waals surface area contributed by atoms with Crippen LogP contribution < -0.4 is 10.5 Å². The molecule has 0 unspecified atom stereocenters. The molecule has 0 aliphatic heterocycles. The van der Waals surface area contributed by atoms with Crippen molar-refractivity contribution in [3.8, 4) is 0 Å². The van der Waals surface area contributed by atoms with Crippen LogP contribution in [0.25, 0.3) is 0 Å². The Labute approximate surface area is 122 Å². The van der Waals surface area contributed by atoms with E-state index in [4.69, 9.17) is 17.3 Å². The Morgan fingerprint density at radius 1 is 1.35 bits per heavy atom. The number of aromatic nitrogens is 1. The van der Waals surface area contributed by atoms with Crippen LogP contribution in [0.15, 0.2) is 41.6 Å². The normalized spacial score (nSPS) is 11.3. The number of hydrogen-bond donors (Lipinski definition) is 2. The Morgan fingerprint density at radius 2 is 2.10 bits per heavy atom. The Hall–Kier alpha value is -1.63. The molecule has 0 bridgehead atoms. The summed E-state index contributed by atoms with van der Waals surface area (Å²) in [6, 6.07) is 6.23. The molecule has 0 saturated heterocycles. The van der Waals surface area contributed by atoms with Gasteiger partial charge in [0.1, 0.15) is 4.90 Å². The largest absolute Gasteiger partial charge is 0.326 e. The van der Waals surface area contributed by atoms with E-state index in [9.17, 15) is 8.42 Å². The zero-order chi connectivity index (χ0) is 14.8. The zero-order valence-corrected chi connectivity index (χ0v) is 12.4. The van der Waals surface area contributed by atoms with E-state index >= 15 is 0 Å². The van der Waals surface area contributed by atoms with Gasteiger partial charge in [0.25, 0.3) is 10.0 Å². The predicted octanol–water partition coefficient (Wildman–Crippen LogP) is 2.30. The third kappa shape index (κ3) is 3.09. The molecule has 106 valence electrons. The first-order chi connectivity index (χ1) is 9.44. The van der Waals surface area contributed by atoms with Crippen LogP contribution in [0, 0.1) is 6.92 Å². The monoisotopic (exact) mass is 311 g/mol. The molecule has 2 rings (SSSR count). The standard InChI is InChI=1S/C13H14ClN3O2S/c1-9-8-16-5-4-12(9)17-20(18,19)13-3-2-10(7-15)6-11(13)14/h2-6,8H,7,15H2,1H3,(H,16,17). The minimum absolute atomic E-state index is 0.0209. The summed E-state index contributed by atoms with van der Waals surface area (Å²) in [7, 11) is -3.74. The molecular formula is C13H14ClN3O2S. The van der Waals surface area contributed by atoms with E-state index in [1.54, 1.807) is 31.3 Å². The summed E-state index contributed by atoms with van der Waals surface area (Å²) >= 11 is 6.01. The summed E-state index contributed by atoms with van der Waals surface area (Å²) in [5, 5.41) is 0.146. The number of pyridine rings is 1. The van der Waals surface area contributed by atoms with Gasteiger partial charge in [0.15, 0.2) is 0 Å². The fourth-order valence-electron chi connectivity index (χ4n) is 1.68. The Bertz CT molecular complexity index is 732. The highest BCUT2D eigenvalue weighted by Gasteiger charge is 2.18. The van der Waals surface area contributed by atoms with E-state index in [1.165, 1.54) is 12.3 Å². The molecule has 20 heavy (non-hydrogen) atoms. The molecule has 1 heterocycles. The highest BCUT2D eigenvalue weighted by Crippen LogP contribution is 2.25. The summed E-state index contributed by atoms with van der Waals surface area (Å²) in [5.41, 5.74) is 7.46. The molecule has 0 radical (unpaired) electrons. The summed E-state index contributed by atoms with van der Waals surface area (Å²) in [6.07, 6.45) is 3.10. The van der Waals surface area contributed by atoms with Gasteiger partial charge in [-0.15, -0.1) is 0 Å². The van der Waals surface area contributed by atoms with Crippen LogP contribution in [-0.2, 0) is 16.6 Å². The smallest absolute Gasteiger partial charge is 0.263 e. The molecule has 2 aromatic rings. The maximum Gasteiger partial charge on any atom is 0.263 e. The van der Waals surface area contributed by atoms with Crippen LogP contribution in [-0.4, -0.2) is 13.4 Å². The molecule has 5 nitrogen and oxygen atoms in total. The first-order valence-corrected chi connectivity index (χ1v) is 7.72. The molecule has 7 heteroatoms. The summed E-state index contributed by atoms with van der Waals surface area (Å²) < 4.78 is 27.2. The van der Waals surface area contributed by atoms with Crippen molar-refractivity contribution >= 4 is 27.3 Å². The van der Waals surface area contributed by atoms with E-state index in [2.05, 4.69) is 9.71 Å². The van der Waals surface area contributed by atoms with Crippen molar-refractivity contribution in [3.63, 3.8) is 0 Å². The number of aryl methyl sites for hydroxylation is 1. The SMILES string of the molecule is Cc1cnccc1NS(=O)(=O)c1ccc(CN)cc1Cl. The van der Waals surface area contributed by atoms with Crippen molar-refractivity contribution in [2.75, 3.05) is 4.72 Å². The number of nitrogens with two attached hydrogens (primary N) is 1. The quantitative estimate of drug-likeness (QED) is 0.907. The van der Waals surface area contributed by atoms with E-state index in [0.29, 0.717) is 12.2 Å². The number of sulfonamides is 1. The topological polar surface area (TPSA) is 85.1 Å². The minimum atomic E-state index is -3.74. The van der Waals surface area contributed by atoms with Gasteiger partial charge in [-0.3, -0.25) is 9.71 Å². The predicted molar refractivity (Wildman–Crippen MR) is 79.1 cm³/mol. The number of halogens is 1. The number of anilines is 1. The van der Waals surface area contributed by atoms with Crippen LogP contribution in [0.5, 0.6) is 0 Å². The van der Waals surface area contributed by atoms with Crippen LogP contribution in [0.1, 0.15) is 11.1 Å². The lowest BCUT2D eigenvalue weighted by atomic mass is 10.2. The average molecular weight is 312 g/mol. The van der Waals surface area contributed by atoms with Gasteiger partial charge in [0.05, 0.1) is 10.7 Å². The Kier molecular flexibility index (Phi) is 4.27. The van der Waals surface area contributed by atoms with Gasteiger partial charge in [-0.25, -0.2) is 8.42 Å². The molecule has 0 aliphatic carbocycles. The first kappa shape index (κ1) is 14.8. The third-order valence-electron chi connectivity index (χ3n) is 2.79. The van der Waals surface area contributed by atoms with Crippen molar-refractivity contribution in [1.29, 1.82) is 0 Å². The fourth-order valence-corrected chi connectivity index (χ4v) is 3.38. The van der Waals surface area contributed by atoms with E-state index in [-0.39, 0.29) is 9.92 Å². The average Bonchev–Trinajstić information content (AvgIpc) is 2.40. The van der Waals surface area contributed by atoms with Gasteiger partial charge >= 0.3 is 0 Å². The lowest BCUT2D eigenvalue weighted by molar-refractivity contribution is 0.601. The fraction of sp³-hybridized carbons (Fsp3) is 0.154. The lowest BCUT2D eigenvalue weighted by Crippen LogP contribution is -2.14. The molecule has 0 aliphatic rings. The van der Waals surface area contributed by atoms with E-state index in [0.717, 1.165) is 11.1 Å². The van der Waals surface area contributed by atoms with Crippen LogP contribution in [0.2, 0.25) is 5.02 Å². The number of nitrogens with one attached hydrogen (secondary N) is 1. The van der Waals surface area contributed by atoms with E-state index in [1.807, 2.05) is 0 Å². The molecule has 1 aromatic carbocycles. The Morgan fingerprint density at radius 3 is 2.70 bits per heavy atom. The first-order valence-electron chi connectivity index (χ1n) is 5.86. The highest BCUT2D eigenvalue weighted by atomic mass is 35.5. The van der Waals surface area contributed by atoms with Crippen LogP contribution in [0.4, 0.5) is 5.69 Å². The van der Waals surface area contributed by atoms with E-state index < -0.39 is 10.0 Å². The number of benzene rings is 1. The van der Waals surface area contributed by atoms with Gasteiger partial charge in [-0.2, -0.15) is 0 Å². The maximum atomic E-state index is 12.3. The number of hydrogen-bond acceptors (Lipinski definition) is 4. The van der Waals surface area contributed by atoms with Crippen molar-refractivity contribution in [2.24, 2.45) is 5.73 Å². The molecule has 3 N–H and O–H groups in total. The lowest BCUT2D eigenvalue weighted by Gasteiger charge is -2.11. The molecule has 1 aromatic heterocycles. The maximum absolute atomic E-state index is 12.3. The molecule has 0 amide bonds. The molecule has 0 atom stereocenters. The second kappa shape index (κ2) is 5.78. The van der Waals surface area contributed by atoms with Crippen molar-refractivity contribution in [2.45, 2.75) is 18.4 Å². The van der Waals surface area contributed by atoms with Gasteiger partial charge in [0, 0.05) is 18.9 Å². The van der Waals surface area contributed by atoms with Gasteiger partial charge in [-0.1, -0.05) is 17.7 Å². The number of nitrogens with zero attached hydrogens (tertiary/aromatic N) is 1. The summed E-state index contributed by atoms with van der Waals surface area (Å²) in [5.74, 6) is 0. The van der Waals surface area contributed by atoms with Gasteiger partial charge in [-0.05, 0) is 36.2 Å². The third-order valence-corrected chi connectivity index (χ3v) is 4.63. The van der Waals surface area contributed by atoms with Crippen LogP contribution >= 0.6 is 11.6 Å². The van der Waals surface area contributed by atoms with Crippen LogP contribution in [0.3, 0.4) is 0 Å². The van der Waals surface area contributed by atoms with Crippen molar-refractivity contribution in [1.82, 2.24) is 4.98 Å². The molecule has 0 fully saturated rings. The van der Waals surface area contributed by atoms with Crippen molar-refractivity contribution < 1.29 is 8.42 Å². The van der Waals surface area contributed by atoms with Gasteiger partial charge < -0.3 is 5.73 Å². The highest BCUT2D eigenvalue weighted by molar-refractivity contribution is 7.92. The Balaban J connectivity index is 2.39. The molecular weight excluding hydrogens is 298 g/mol.